The van der Waals surface area contributed by atoms with Crippen LogP contribution in [-0.2, 0) is 6.54 Å². The fourth-order valence-electron chi connectivity index (χ4n) is 2.00. The number of piperidine rings is 1. The van der Waals surface area contributed by atoms with E-state index in [-0.39, 0.29) is 0 Å². The van der Waals surface area contributed by atoms with Crippen molar-refractivity contribution in [2.45, 2.75) is 25.4 Å². The van der Waals surface area contributed by atoms with Crippen molar-refractivity contribution in [1.29, 1.82) is 0 Å². The second kappa shape index (κ2) is 6.00. The van der Waals surface area contributed by atoms with Crippen LogP contribution in [0.15, 0.2) is 10.9 Å². The molecule has 3 nitrogen and oxygen atoms in total. The monoisotopic (exact) mass is 235 g/mol. The van der Waals surface area contributed by atoms with E-state index in [0.29, 0.717) is 6.04 Å². The summed E-state index contributed by atoms with van der Waals surface area (Å²) in [6, 6.07) is 0.621. The van der Waals surface area contributed by atoms with Crippen LogP contribution in [0, 0.1) is 12.3 Å². The summed E-state index contributed by atoms with van der Waals surface area (Å²) in [5, 5.41) is 5.65. The van der Waals surface area contributed by atoms with Gasteiger partial charge in [0.2, 0.25) is 0 Å². The van der Waals surface area contributed by atoms with E-state index in [9.17, 15) is 0 Å². The average Bonchev–Trinajstić information content (AvgIpc) is 2.82. The van der Waals surface area contributed by atoms with E-state index in [1.807, 2.05) is 5.51 Å². The number of likely N-dealkylation sites (tertiary alicyclic amines) is 1. The highest BCUT2D eigenvalue weighted by Gasteiger charge is 2.17. The molecule has 0 saturated carbocycles. The van der Waals surface area contributed by atoms with Crippen LogP contribution in [0.2, 0.25) is 0 Å². The highest BCUT2D eigenvalue weighted by atomic mass is 32.1. The summed E-state index contributed by atoms with van der Waals surface area (Å²) in [5.74, 6) is 2.70. The van der Waals surface area contributed by atoms with E-state index in [1.54, 1.807) is 11.3 Å². The largest absolute Gasteiger partial charge is 0.308 e. The van der Waals surface area contributed by atoms with Gasteiger partial charge in [-0.3, -0.25) is 4.90 Å². The summed E-state index contributed by atoms with van der Waals surface area (Å²) in [6.07, 6.45) is 7.68. The van der Waals surface area contributed by atoms with Crippen molar-refractivity contribution in [2.75, 3.05) is 19.6 Å². The van der Waals surface area contributed by atoms with Gasteiger partial charge in [0.25, 0.3) is 0 Å². The molecular weight excluding hydrogens is 218 g/mol. The van der Waals surface area contributed by atoms with Gasteiger partial charge in [0.05, 0.1) is 17.7 Å². The predicted molar refractivity (Wildman–Crippen MR) is 67.2 cm³/mol. The number of thiazole rings is 1. The number of hydrogen-bond acceptors (Lipinski definition) is 4. The molecule has 0 aromatic carbocycles. The minimum absolute atomic E-state index is 0.621. The molecular formula is C12H17N3S. The zero-order valence-electron chi connectivity index (χ0n) is 9.35. The van der Waals surface area contributed by atoms with Gasteiger partial charge >= 0.3 is 0 Å². The lowest BCUT2D eigenvalue weighted by atomic mass is 10.1. The second-order valence-corrected chi connectivity index (χ2v) is 4.83. The van der Waals surface area contributed by atoms with Crippen molar-refractivity contribution in [1.82, 2.24) is 15.2 Å². The molecule has 86 valence electrons. The zero-order chi connectivity index (χ0) is 11.2. The van der Waals surface area contributed by atoms with Crippen LogP contribution in [0.4, 0.5) is 0 Å². The third kappa shape index (κ3) is 3.31. The smallest absolute Gasteiger partial charge is 0.0795 e. The van der Waals surface area contributed by atoms with Gasteiger partial charge in [-0.1, -0.05) is 5.92 Å². The number of nitrogens with one attached hydrogen (secondary N) is 1. The Morgan fingerprint density at radius 1 is 1.56 bits per heavy atom. The Labute approximate surface area is 101 Å². The fraction of sp³-hybridized carbons (Fsp3) is 0.583. The van der Waals surface area contributed by atoms with Crippen LogP contribution < -0.4 is 5.32 Å². The molecule has 1 saturated heterocycles. The quantitative estimate of drug-likeness (QED) is 0.798. The maximum atomic E-state index is 5.30. The molecule has 1 N–H and O–H groups in total. The summed E-state index contributed by atoms with van der Waals surface area (Å²) < 4.78 is 0. The first kappa shape index (κ1) is 11.6. The van der Waals surface area contributed by atoms with Crippen molar-refractivity contribution in [2.24, 2.45) is 0 Å². The van der Waals surface area contributed by atoms with Crippen molar-refractivity contribution in [3.8, 4) is 12.3 Å². The van der Waals surface area contributed by atoms with Crippen LogP contribution in [0.3, 0.4) is 0 Å². The molecule has 0 amide bonds. The van der Waals surface area contributed by atoms with Gasteiger partial charge in [-0.2, -0.15) is 0 Å². The SMILES string of the molecule is C#CCN1CCC(NCc2cscn2)CC1. The van der Waals surface area contributed by atoms with Crippen LogP contribution in [0.5, 0.6) is 0 Å². The molecule has 4 heteroatoms. The van der Waals surface area contributed by atoms with Gasteiger partial charge in [-0.15, -0.1) is 17.8 Å². The molecule has 0 radical (unpaired) electrons. The number of aromatic nitrogens is 1. The summed E-state index contributed by atoms with van der Waals surface area (Å²) in [7, 11) is 0. The highest BCUT2D eigenvalue weighted by Crippen LogP contribution is 2.10. The maximum absolute atomic E-state index is 5.30. The van der Waals surface area contributed by atoms with Gasteiger partial charge in [-0.05, 0) is 12.8 Å². The number of rotatable bonds is 4. The molecule has 1 aromatic heterocycles. The first-order chi connectivity index (χ1) is 7.88. The van der Waals surface area contributed by atoms with Crippen molar-refractivity contribution in [3.05, 3.63) is 16.6 Å². The molecule has 1 aliphatic heterocycles. The molecule has 1 aliphatic rings. The van der Waals surface area contributed by atoms with Gasteiger partial charge in [0, 0.05) is 31.1 Å². The van der Waals surface area contributed by atoms with Crippen LogP contribution >= 0.6 is 11.3 Å². The number of nitrogens with zero attached hydrogens (tertiary/aromatic N) is 2. The maximum Gasteiger partial charge on any atom is 0.0795 e. The lowest BCUT2D eigenvalue weighted by molar-refractivity contribution is 0.217. The Morgan fingerprint density at radius 3 is 3.00 bits per heavy atom. The first-order valence-corrected chi connectivity index (χ1v) is 6.59. The normalized spacial score (nSPS) is 18.4. The Bertz CT molecular complexity index is 334. The van der Waals surface area contributed by atoms with Crippen LogP contribution in [-0.4, -0.2) is 35.6 Å². The molecule has 1 aromatic rings. The van der Waals surface area contributed by atoms with Crippen molar-refractivity contribution >= 4 is 11.3 Å². The molecule has 2 heterocycles. The molecule has 2 rings (SSSR count). The topological polar surface area (TPSA) is 28.2 Å². The summed E-state index contributed by atoms with van der Waals surface area (Å²) in [4.78, 5) is 6.60. The Balaban J connectivity index is 1.68. The third-order valence-corrected chi connectivity index (χ3v) is 3.59. The molecule has 0 spiro atoms. The standard InChI is InChI=1S/C12H17N3S/c1-2-5-15-6-3-11(4-7-15)13-8-12-9-16-10-14-12/h1,9-11,13H,3-8H2. The molecule has 16 heavy (non-hydrogen) atoms. The van der Waals surface area contributed by atoms with E-state index in [2.05, 4.69) is 26.5 Å². The fourth-order valence-corrected chi connectivity index (χ4v) is 2.56. The van der Waals surface area contributed by atoms with E-state index in [1.165, 1.54) is 12.8 Å². The van der Waals surface area contributed by atoms with E-state index < -0.39 is 0 Å². The molecule has 1 fully saturated rings. The number of hydrogen-bond donors (Lipinski definition) is 1. The summed E-state index contributed by atoms with van der Waals surface area (Å²) in [6.45, 7) is 3.90. The van der Waals surface area contributed by atoms with Gasteiger partial charge < -0.3 is 5.32 Å². The van der Waals surface area contributed by atoms with E-state index in [4.69, 9.17) is 6.42 Å². The third-order valence-electron chi connectivity index (χ3n) is 2.96. The Morgan fingerprint density at radius 2 is 2.38 bits per heavy atom. The van der Waals surface area contributed by atoms with Gasteiger partial charge in [0.15, 0.2) is 0 Å². The van der Waals surface area contributed by atoms with Crippen molar-refractivity contribution < 1.29 is 0 Å². The average molecular weight is 235 g/mol. The summed E-state index contributed by atoms with van der Waals surface area (Å²) >= 11 is 1.65. The predicted octanol–water partition coefficient (Wildman–Crippen LogP) is 1.33. The minimum Gasteiger partial charge on any atom is -0.308 e. The zero-order valence-corrected chi connectivity index (χ0v) is 10.2. The van der Waals surface area contributed by atoms with Crippen molar-refractivity contribution in [3.63, 3.8) is 0 Å². The lowest BCUT2D eigenvalue weighted by Gasteiger charge is -2.31. The van der Waals surface area contributed by atoms with E-state index in [0.717, 1.165) is 31.9 Å². The molecule has 0 aliphatic carbocycles. The van der Waals surface area contributed by atoms with E-state index >= 15 is 0 Å². The first-order valence-electron chi connectivity index (χ1n) is 5.65. The van der Waals surface area contributed by atoms with Crippen LogP contribution in [0.1, 0.15) is 18.5 Å². The molecule has 0 bridgehead atoms. The van der Waals surface area contributed by atoms with Gasteiger partial charge in [-0.25, -0.2) is 4.98 Å². The molecule has 0 atom stereocenters. The highest BCUT2D eigenvalue weighted by molar-refractivity contribution is 7.07. The number of terminal acetylenes is 1. The second-order valence-electron chi connectivity index (χ2n) is 4.12. The Kier molecular flexibility index (Phi) is 4.34. The Hall–Kier alpha value is -0.890. The minimum atomic E-state index is 0.621. The van der Waals surface area contributed by atoms with Gasteiger partial charge in [0.1, 0.15) is 0 Å². The summed E-state index contributed by atoms with van der Waals surface area (Å²) in [5.41, 5.74) is 3.03. The lowest BCUT2D eigenvalue weighted by Crippen LogP contribution is -2.42. The molecule has 0 unspecified atom stereocenters. The van der Waals surface area contributed by atoms with Crippen LogP contribution in [0.25, 0.3) is 0 Å².